The molecular formula is C25H28N2. The lowest BCUT2D eigenvalue weighted by Crippen LogP contribution is -2.48. The summed E-state index contributed by atoms with van der Waals surface area (Å²) < 4.78 is 0. The van der Waals surface area contributed by atoms with Crippen molar-refractivity contribution in [3.8, 4) is 0 Å². The van der Waals surface area contributed by atoms with E-state index in [-0.39, 0.29) is 0 Å². The highest BCUT2D eigenvalue weighted by Gasteiger charge is 2.52. The predicted octanol–water partition coefficient (Wildman–Crippen LogP) is 6.60. The standard InChI is InChI=1S/C25H28N2/c1-3-7-22(8-4-1)26-12-11-24(27-23-9-5-2-6-10-23)25-16-19-13-20(17-25)15-21(14-19)18-25/h1-12,19-21,27H,13-18H2/b24-11-,26-12?. The van der Waals surface area contributed by atoms with E-state index in [1.54, 1.807) is 0 Å². The maximum absolute atomic E-state index is 4.67. The summed E-state index contributed by atoms with van der Waals surface area (Å²) in [6, 6.07) is 20.9. The van der Waals surface area contributed by atoms with Crippen LogP contribution >= 0.6 is 0 Å². The van der Waals surface area contributed by atoms with Gasteiger partial charge in [0, 0.05) is 23.0 Å². The maximum Gasteiger partial charge on any atom is 0.0629 e. The molecule has 0 heterocycles. The third-order valence-corrected chi connectivity index (χ3v) is 6.88. The number of nitrogens with one attached hydrogen (secondary N) is 1. The quantitative estimate of drug-likeness (QED) is 0.600. The minimum atomic E-state index is 0.327. The first-order valence-electron chi connectivity index (χ1n) is 10.4. The Morgan fingerprint density at radius 1 is 0.815 bits per heavy atom. The molecule has 0 radical (unpaired) electrons. The predicted molar refractivity (Wildman–Crippen MR) is 113 cm³/mol. The lowest BCUT2D eigenvalue weighted by atomic mass is 9.48. The average molecular weight is 357 g/mol. The van der Waals surface area contributed by atoms with Gasteiger partial charge in [-0.1, -0.05) is 36.4 Å². The molecular weight excluding hydrogens is 328 g/mol. The minimum Gasteiger partial charge on any atom is -0.358 e. The molecule has 4 aliphatic carbocycles. The molecule has 0 aliphatic heterocycles. The van der Waals surface area contributed by atoms with Crippen molar-refractivity contribution in [3.63, 3.8) is 0 Å². The van der Waals surface area contributed by atoms with Gasteiger partial charge >= 0.3 is 0 Å². The van der Waals surface area contributed by atoms with E-state index in [1.165, 1.54) is 49.9 Å². The van der Waals surface area contributed by atoms with Crippen molar-refractivity contribution in [2.75, 3.05) is 5.32 Å². The Morgan fingerprint density at radius 3 is 1.96 bits per heavy atom. The second-order valence-electron chi connectivity index (χ2n) is 8.88. The van der Waals surface area contributed by atoms with Gasteiger partial charge in [-0.15, -0.1) is 0 Å². The third-order valence-electron chi connectivity index (χ3n) is 6.88. The third kappa shape index (κ3) is 3.45. The van der Waals surface area contributed by atoms with Crippen LogP contribution in [0.3, 0.4) is 0 Å². The van der Waals surface area contributed by atoms with Crippen molar-refractivity contribution < 1.29 is 0 Å². The van der Waals surface area contributed by atoms with Crippen LogP contribution in [0.2, 0.25) is 0 Å². The fourth-order valence-corrected chi connectivity index (χ4v) is 6.18. The normalized spacial score (nSPS) is 32.1. The van der Waals surface area contributed by atoms with Gasteiger partial charge in [0.05, 0.1) is 5.69 Å². The number of anilines is 1. The van der Waals surface area contributed by atoms with Crippen molar-refractivity contribution in [3.05, 3.63) is 72.4 Å². The molecule has 2 aromatic rings. The minimum absolute atomic E-state index is 0.327. The number of allylic oxidation sites excluding steroid dienone is 2. The lowest BCUT2D eigenvalue weighted by Gasteiger charge is -2.57. The van der Waals surface area contributed by atoms with Crippen LogP contribution in [-0.4, -0.2) is 6.21 Å². The number of hydrogen-bond acceptors (Lipinski definition) is 2. The summed E-state index contributed by atoms with van der Waals surface area (Å²) in [5.74, 6) is 2.80. The van der Waals surface area contributed by atoms with E-state index < -0.39 is 0 Å². The summed E-state index contributed by atoms with van der Waals surface area (Å²) in [7, 11) is 0. The monoisotopic (exact) mass is 356 g/mol. The summed E-state index contributed by atoms with van der Waals surface area (Å²) in [6.45, 7) is 0. The van der Waals surface area contributed by atoms with Crippen LogP contribution in [-0.2, 0) is 0 Å². The van der Waals surface area contributed by atoms with Crippen molar-refractivity contribution >= 4 is 17.6 Å². The highest BCUT2D eigenvalue weighted by Crippen LogP contribution is 2.62. The van der Waals surface area contributed by atoms with E-state index in [9.17, 15) is 0 Å². The van der Waals surface area contributed by atoms with Crippen LogP contribution in [0.15, 0.2) is 77.4 Å². The van der Waals surface area contributed by atoms with Crippen LogP contribution in [0.25, 0.3) is 0 Å². The smallest absolute Gasteiger partial charge is 0.0629 e. The molecule has 4 fully saturated rings. The van der Waals surface area contributed by atoms with Crippen molar-refractivity contribution in [2.45, 2.75) is 38.5 Å². The molecule has 2 nitrogen and oxygen atoms in total. The van der Waals surface area contributed by atoms with Crippen molar-refractivity contribution in [1.29, 1.82) is 0 Å². The van der Waals surface area contributed by atoms with Gasteiger partial charge in [0.1, 0.15) is 0 Å². The molecule has 27 heavy (non-hydrogen) atoms. The Balaban J connectivity index is 1.47. The first kappa shape index (κ1) is 16.8. The summed E-state index contributed by atoms with van der Waals surface area (Å²) >= 11 is 0. The van der Waals surface area contributed by atoms with Gasteiger partial charge in [0.25, 0.3) is 0 Å². The second-order valence-corrected chi connectivity index (χ2v) is 8.88. The zero-order valence-electron chi connectivity index (χ0n) is 15.9. The first-order chi connectivity index (χ1) is 13.3. The molecule has 4 bridgehead atoms. The van der Waals surface area contributed by atoms with Crippen LogP contribution in [0, 0.1) is 23.2 Å². The van der Waals surface area contributed by atoms with Crippen LogP contribution in [0.4, 0.5) is 11.4 Å². The van der Waals surface area contributed by atoms with E-state index >= 15 is 0 Å². The molecule has 2 heteroatoms. The van der Waals surface area contributed by atoms with E-state index in [4.69, 9.17) is 0 Å². The van der Waals surface area contributed by atoms with E-state index in [1.807, 2.05) is 24.4 Å². The van der Waals surface area contributed by atoms with Gasteiger partial charge in [-0.05, 0) is 86.6 Å². The highest BCUT2D eigenvalue weighted by atomic mass is 14.9. The van der Waals surface area contributed by atoms with E-state index in [2.05, 4.69) is 58.8 Å². The fraction of sp³-hybridized carbons (Fsp3) is 0.400. The molecule has 2 aromatic carbocycles. The molecule has 1 N–H and O–H groups in total. The number of benzene rings is 2. The van der Waals surface area contributed by atoms with Crippen LogP contribution in [0.5, 0.6) is 0 Å². The van der Waals surface area contributed by atoms with E-state index in [0.717, 1.165) is 23.4 Å². The van der Waals surface area contributed by atoms with Crippen molar-refractivity contribution in [1.82, 2.24) is 0 Å². The topological polar surface area (TPSA) is 24.4 Å². The summed E-state index contributed by atoms with van der Waals surface area (Å²) in [4.78, 5) is 4.67. The Labute approximate surface area is 162 Å². The number of para-hydroxylation sites is 2. The molecule has 0 spiro atoms. The Bertz CT molecular complexity index is 800. The Hall–Kier alpha value is -2.35. The molecule has 4 saturated carbocycles. The average Bonchev–Trinajstić information content (AvgIpc) is 2.68. The zero-order chi connectivity index (χ0) is 18.1. The van der Waals surface area contributed by atoms with Gasteiger partial charge in [-0.25, -0.2) is 0 Å². The number of hydrogen-bond donors (Lipinski definition) is 1. The lowest BCUT2D eigenvalue weighted by molar-refractivity contribution is -0.0296. The molecule has 138 valence electrons. The Morgan fingerprint density at radius 2 is 1.37 bits per heavy atom. The second kappa shape index (κ2) is 6.99. The first-order valence-corrected chi connectivity index (χ1v) is 10.4. The molecule has 0 unspecified atom stereocenters. The molecule has 0 amide bonds. The summed E-state index contributed by atoms with van der Waals surface area (Å²) in [5.41, 5.74) is 3.91. The highest BCUT2D eigenvalue weighted by molar-refractivity contribution is 5.77. The van der Waals surface area contributed by atoms with E-state index in [0.29, 0.717) is 5.41 Å². The van der Waals surface area contributed by atoms with Gasteiger partial charge in [0.2, 0.25) is 0 Å². The van der Waals surface area contributed by atoms with Gasteiger partial charge < -0.3 is 5.32 Å². The SMILES string of the molecule is C(/C=C(\Nc1ccccc1)C12CC3CC(CC(C3)C1)C2)=Nc1ccccc1. The maximum atomic E-state index is 4.67. The zero-order valence-corrected chi connectivity index (χ0v) is 15.9. The summed E-state index contributed by atoms with van der Waals surface area (Å²) in [5, 5.41) is 3.79. The largest absolute Gasteiger partial charge is 0.358 e. The van der Waals surface area contributed by atoms with Gasteiger partial charge in [0.15, 0.2) is 0 Å². The molecule has 4 aliphatic rings. The summed E-state index contributed by atoms with van der Waals surface area (Å²) in [6.07, 6.45) is 12.7. The fourth-order valence-electron chi connectivity index (χ4n) is 6.18. The Kier molecular flexibility index (Phi) is 4.35. The molecule has 0 aromatic heterocycles. The molecule has 0 saturated heterocycles. The van der Waals surface area contributed by atoms with Gasteiger partial charge in [-0.2, -0.15) is 0 Å². The number of nitrogens with zero attached hydrogens (tertiary/aromatic N) is 1. The number of aliphatic imine (C=N–C) groups is 1. The van der Waals surface area contributed by atoms with Crippen molar-refractivity contribution in [2.24, 2.45) is 28.2 Å². The van der Waals surface area contributed by atoms with Gasteiger partial charge in [-0.3, -0.25) is 4.99 Å². The molecule has 0 atom stereocenters. The number of rotatable bonds is 5. The van der Waals surface area contributed by atoms with Crippen LogP contribution < -0.4 is 5.32 Å². The molecule has 6 rings (SSSR count). The van der Waals surface area contributed by atoms with Crippen LogP contribution in [0.1, 0.15) is 38.5 Å².